The molecule has 9 heteroatoms. The van der Waals surface area contributed by atoms with Crippen molar-refractivity contribution in [1.82, 2.24) is 19.8 Å². The highest BCUT2D eigenvalue weighted by molar-refractivity contribution is 5.77. The van der Waals surface area contributed by atoms with Crippen LogP contribution < -0.4 is 0 Å². The molecule has 0 radical (unpaired) electrons. The van der Waals surface area contributed by atoms with Gasteiger partial charge in [-0.3, -0.25) is 9.48 Å². The van der Waals surface area contributed by atoms with Gasteiger partial charge in [-0.2, -0.15) is 18.3 Å². The van der Waals surface area contributed by atoms with Gasteiger partial charge in [0.25, 0.3) is 0 Å². The minimum absolute atomic E-state index is 0.146. The summed E-state index contributed by atoms with van der Waals surface area (Å²) in [6.07, 6.45) is -0.442. The summed E-state index contributed by atoms with van der Waals surface area (Å²) in [4.78, 5) is 14.8. The van der Waals surface area contributed by atoms with Crippen molar-refractivity contribution in [3.63, 3.8) is 0 Å². The van der Waals surface area contributed by atoms with Gasteiger partial charge in [0.1, 0.15) is 12.3 Å². The Morgan fingerprint density at radius 3 is 2.64 bits per heavy atom. The summed E-state index contributed by atoms with van der Waals surface area (Å²) >= 11 is 0. The molecule has 2 aromatic heterocycles. The number of amides is 1. The van der Waals surface area contributed by atoms with Crippen LogP contribution in [-0.2, 0) is 30.4 Å². The van der Waals surface area contributed by atoms with E-state index < -0.39 is 11.9 Å². The Kier molecular flexibility index (Phi) is 4.71. The van der Waals surface area contributed by atoms with Gasteiger partial charge in [0, 0.05) is 23.4 Å². The van der Waals surface area contributed by atoms with Gasteiger partial charge in [0.05, 0.1) is 11.7 Å². The summed E-state index contributed by atoms with van der Waals surface area (Å²) in [5, 5.41) is 7.78. The van der Waals surface area contributed by atoms with E-state index in [4.69, 9.17) is 4.52 Å². The van der Waals surface area contributed by atoms with Crippen LogP contribution in [0.25, 0.3) is 0 Å². The third-order valence-corrected chi connectivity index (χ3v) is 5.81. The molecule has 2 aliphatic rings. The number of hydrogen-bond acceptors (Lipinski definition) is 4. The zero-order valence-corrected chi connectivity index (χ0v) is 16.0. The molecule has 1 fully saturated rings. The number of halogens is 3. The Balaban J connectivity index is 1.61. The van der Waals surface area contributed by atoms with E-state index in [1.165, 1.54) is 4.68 Å². The van der Waals surface area contributed by atoms with E-state index >= 15 is 0 Å². The summed E-state index contributed by atoms with van der Waals surface area (Å²) in [5.74, 6) is 0.463. The van der Waals surface area contributed by atoms with Crippen molar-refractivity contribution < 1.29 is 22.5 Å². The second-order valence-electron chi connectivity index (χ2n) is 7.62. The summed E-state index contributed by atoms with van der Waals surface area (Å²) < 4.78 is 46.6. The van der Waals surface area contributed by atoms with Crippen molar-refractivity contribution in [3.05, 3.63) is 34.0 Å². The lowest BCUT2D eigenvalue weighted by atomic mass is 9.95. The van der Waals surface area contributed by atoms with Crippen molar-refractivity contribution in [3.8, 4) is 0 Å². The molecule has 2 aromatic rings. The number of rotatable bonds is 3. The zero-order valence-electron chi connectivity index (χ0n) is 16.0. The summed E-state index contributed by atoms with van der Waals surface area (Å²) in [7, 11) is 0. The molecule has 0 bridgehead atoms. The van der Waals surface area contributed by atoms with Gasteiger partial charge < -0.3 is 9.42 Å². The van der Waals surface area contributed by atoms with Crippen molar-refractivity contribution in [1.29, 1.82) is 0 Å². The number of carbonyl (C=O) groups is 1. The smallest absolute Gasteiger partial charge is 0.361 e. The number of fused-ring (bicyclic) bond motifs is 1. The highest BCUT2D eigenvalue weighted by Gasteiger charge is 2.40. The number of aromatic nitrogens is 3. The molecular weight excluding hydrogens is 373 g/mol. The Morgan fingerprint density at radius 2 is 1.96 bits per heavy atom. The van der Waals surface area contributed by atoms with Crippen LogP contribution in [0, 0.1) is 13.8 Å². The first-order valence-electron chi connectivity index (χ1n) is 9.65. The molecule has 3 heterocycles. The standard InChI is InChI=1S/C19H23F3N4O2/c1-11-17(12(2)28-24-11)15-8-5-9-25(15)16(27)10-26-14-7-4-3-6-13(14)18(23-26)19(20,21)22/h15H,3-10H2,1-2H3/t15-/m1/s1. The maximum atomic E-state index is 13.4. The largest absolute Gasteiger partial charge is 0.435 e. The molecule has 0 saturated carbocycles. The minimum atomic E-state index is -4.50. The number of carbonyl (C=O) groups excluding carboxylic acids is 1. The summed E-state index contributed by atoms with van der Waals surface area (Å²) in [6.45, 7) is 4.06. The van der Waals surface area contributed by atoms with Gasteiger partial charge in [-0.25, -0.2) is 0 Å². The lowest BCUT2D eigenvalue weighted by molar-refractivity contribution is -0.142. The first-order valence-corrected chi connectivity index (χ1v) is 9.65. The molecule has 0 unspecified atom stereocenters. The van der Waals surface area contributed by atoms with Crippen LogP contribution in [0.15, 0.2) is 4.52 Å². The van der Waals surface area contributed by atoms with E-state index in [9.17, 15) is 18.0 Å². The Labute approximate surface area is 160 Å². The second-order valence-corrected chi connectivity index (χ2v) is 7.62. The first kappa shape index (κ1) is 19.0. The molecule has 0 spiro atoms. The molecule has 0 aromatic carbocycles. The fraction of sp³-hybridized carbons (Fsp3) is 0.632. The zero-order chi connectivity index (χ0) is 20.1. The fourth-order valence-corrected chi connectivity index (χ4v) is 4.58. The third kappa shape index (κ3) is 3.20. The highest BCUT2D eigenvalue weighted by Crippen LogP contribution is 2.37. The number of likely N-dealkylation sites (tertiary alicyclic amines) is 1. The number of aryl methyl sites for hydroxylation is 2. The van der Waals surface area contributed by atoms with E-state index in [0.717, 1.165) is 36.9 Å². The van der Waals surface area contributed by atoms with Crippen LogP contribution >= 0.6 is 0 Å². The molecule has 152 valence electrons. The normalized spacial score (nSPS) is 19.9. The van der Waals surface area contributed by atoms with Crippen molar-refractivity contribution in [2.75, 3.05) is 6.54 Å². The maximum absolute atomic E-state index is 13.4. The van der Waals surface area contributed by atoms with Gasteiger partial charge in [-0.1, -0.05) is 5.16 Å². The van der Waals surface area contributed by atoms with Crippen LogP contribution in [0.4, 0.5) is 13.2 Å². The predicted octanol–water partition coefficient (Wildman–Crippen LogP) is 3.75. The monoisotopic (exact) mass is 396 g/mol. The van der Waals surface area contributed by atoms with Crippen LogP contribution in [0.1, 0.15) is 65.7 Å². The molecule has 0 N–H and O–H groups in total. The lowest BCUT2D eigenvalue weighted by Gasteiger charge is -2.25. The molecule has 28 heavy (non-hydrogen) atoms. The maximum Gasteiger partial charge on any atom is 0.435 e. The highest BCUT2D eigenvalue weighted by atomic mass is 19.4. The minimum Gasteiger partial charge on any atom is -0.361 e. The quantitative estimate of drug-likeness (QED) is 0.793. The summed E-state index contributed by atoms with van der Waals surface area (Å²) in [5.41, 5.74) is 1.64. The van der Waals surface area contributed by atoms with E-state index in [1.54, 1.807) is 4.90 Å². The predicted molar refractivity (Wildman–Crippen MR) is 93.5 cm³/mol. The Hall–Kier alpha value is -2.32. The number of alkyl halides is 3. The Morgan fingerprint density at radius 1 is 1.21 bits per heavy atom. The van der Waals surface area contributed by atoms with Gasteiger partial charge in [-0.05, 0) is 52.4 Å². The van der Waals surface area contributed by atoms with Gasteiger partial charge >= 0.3 is 6.18 Å². The molecule has 6 nitrogen and oxygen atoms in total. The SMILES string of the molecule is Cc1noc(C)c1[C@H]1CCCN1C(=O)Cn1nc(C(F)(F)F)c2c1CCCC2. The average Bonchev–Trinajstić information content (AvgIpc) is 3.32. The van der Waals surface area contributed by atoms with E-state index in [2.05, 4.69) is 10.3 Å². The van der Waals surface area contributed by atoms with Crippen LogP contribution in [-0.4, -0.2) is 32.3 Å². The first-order chi connectivity index (χ1) is 13.3. The molecule has 1 aliphatic heterocycles. The lowest BCUT2D eigenvalue weighted by Crippen LogP contribution is -2.34. The average molecular weight is 396 g/mol. The van der Waals surface area contributed by atoms with E-state index in [0.29, 0.717) is 30.8 Å². The topological polar surface area (TPSA) is 64.2 Å². The van der Waals surface area contributed by atoms with Crippen molar-refractivity contribution in [2.45, 2.75) is 71.1 Å². The third-order valence-electron chi connectivity index (χ3n) is 5.81. The number of nitrogens with zero attached hydrogens (tertiary/aromatic N) is 4. The molecular formula is C19H23F3N4O2. The van der Waals surface area contributed by atoms with Crippen molar-refractivity contribution in [2.24, 2.45) is 0 Å². The number of hydrogen-bond donors (Lipinski definition) is 0. The van der Waals surface area contributed by atoms with Gasteiger partial charge in [0.2, 0.25) is 5.91 Å². The van der Waals surface area contributed by atoms with Crippen LogP contribution in [0.2, 0.25) is 0 Å². The fourth-order valence-electron chi connectivity index (χ4n) is 4.58. The van der Waals surface area contributed by atoms with Gasteiger partial charge in [0.15, 0.2) is 5.69 Å². The van der Waals surface area contributed by atoms with E-state index in [1.807, 2.05) is 13.8 Å². The van der Waals surface area contributed by atoms with Crippen LogP contribution in [0.5, 0.6) is 0 Å². The Bertz CT molecular complexity index is 880. The molecule has 1 saturated heterocycles. The van der Waals surface area contributed by atoms with Gasteiger partial charge in [-0.15, -0.1) is 0 Å². The molecule has 1 amide bonds. The van der Waals surface area contributed by atoms with Crippen LogP contribution in [0.3, 0.4) is 0 Å². The molecule has 1 aliphatic carbocycles. The van der Waals surface area contributed by atoms with E-state index in [-0.39, 0.29) is 24.1 Å². The molecule has 1 atom stereocenters. The second kappa shape index (κ2) is 6.93. The summed E-state index contributed by atoms with van der Waals surface area (Å²) in [6, 6.07) is -0.146. The van der Waals surface area contributed by atoms with Crippen molar-refractivity contribution >= 4 is 5.91 Å². The molecule has 4 rings (SSSR count).